The van der Waals surface area contributed by atoms with Gasteiger partial charge in [0, 0.05) is 0 Å². The molecule has 1 aromatic heterocycles. The second kappa shape index (κ2) is 7.00. The van der Waals surface area contributed by atoms with Gasteiger partial charge >= 0.3 is 12.1 Å². The predicted octanol–water partition coefficient (Wildman–Crippen LogP) is 3.57. The highest BCUT2D eigenvalue weighted by molar-refractivity contribution is 7.13. The number of aromatic nitrogens is 1. The minimum absolute atomic E-state index is 0.260. The number of alkyl halides is 3. The molecule has 0 aliphatic heterocycles. The van der Waals surface area contributed by atoms with Gasteiger partial charge in [0.15, 0.2) is 6.61 Å². The van der Waals surface area contributed by atoms with Crippen LogP contribution in [0.3, 0.4) is 0 Å². The van der Waals surface area contributed by atoms with Crippen LogP contribution in [-0.2, 0) is 15.7 Å². The summed E-state index contributed by atoms with van der Waals surface area (Å²) in [6, 6.07) is 4.55. The van der Waals surface area contributed by atoms with Crippen molar-refractivity contribution in [3.05, 3.63) is 45.4 Å². The van der Waals surface area contributed by atoms with Crippen molar-refractivity contribution in [1.29, 1.82) is 0 Å². The molecule has 0 atom stereocenters. The molecular weight excluding hydrogens is 345 g/mol. The summed E-state index contributed by atoms with van der Waals surface area (Å²) in [6.45, 7) is 2.65. The Balaban J connectivity index is 2.00. The molecule has 0 spiro atoms. The van der Waals surface area contributed by atoms with E-state index in [0.29, 0.717) is 10.7 Å². The molecule has 2 rings (SSSR count). The van der Waals surface area contributed by atoms with Gasteiger partial charge in [-0.2, -0.15) is 13.2 Å². The highest BCUT2D eigenvalue weighted by atomic mass is 32.1. The summed E-state index contributed by atoms with van der Waals surface area (Å²) in [5, 5.41) is 2.76. The van der Waals surface area contributed by atoms with Crippen molar-refractivity contribution in [2.45, 2.75) is 20.0 Å². The quantitative estimate of drug-likeness (QED) is 0.849. The zero-order chi connectivity index (χ0) is 17.9. The van der Waals surface area contributed by atoms with Crippen molar-refractivity contribution in [3.63, 3.8) is 0 Å². The number of nitrogens with one attached hydrogen (secondary N) is 1. The zero-order valence-corrected chi connectivity index (χ0v) is 13.5. The Bertz CT molecular complexity index is 772. The highest BCUT2D eigenvalue weighted by Gasteiger charge is 2.33. The molecule has 0 bridgehead atoms. The minimum Gasteiger partial charge on any atom is -0.451 e. The smallest absolute Gasteiger partial charge is 0.418 e. The molecule has 24 heavy (non-hydrogen) atoms. The molecule has 0 saturated carbocycles. The maximum absolute atomic E-state index is 12.8. The number of nitrogens with zero attached hydrogens (tertiary/aromatic N) is 1. The summed E-state index contributed by atoms with van der Waals surface area (Å²) < 4.78 is 43.3. The van der Waals surface area contributed by atoms with Crippen molar-refractivity contribution in [2.75, 3.05) is 11.9 Å². The lowest BCUT2D eigenvalue weighted by atomic mass is 10.1. The van der Waals surface area contributed by atoms with Crippen LogP contribution in [0, 0.1) is 13.8 Å². The number of aryl methyl sites for hydroxylation is 2. The van der Waals surface area contributed by atoms with Crippen LogP contribution in [0.25, 0.3) is 0 Å². The summed E-state index contributed by atoms with van der Waals surface area (Å²) in [6.07, 6.45) is -4.60. The molecule has 1 heterocycles. The molecule has 1 N–H and O–H groups in total. The maximum Gasteiger partial charge on any atom is 0.418 e. The van der Waals surface area contributed by atoms with Crippen LogP contribution in [0.15, 0.2) is 24.3 Å². The molecular formula is C15H13F3N2O3S. The van der Waals surface area contributed by atoms with Crippen LogP contribution in [-0.4, -0.2) is 23.5 Å². The second-order valence-electron chi connectivity index (χ2n) is 4.82. The van der Waals surface area contributed by atoms with E-state index >= 15 is 0 Å². The van der Waals surface area contributed by atoms with Crippen LogP contribution in [0.2, 0.25) is 0 Å². The fourth-order valence-electron chi connectivity index (χ4n) is 1.94. The average molecular weight is 358 g/mol. The second-order valence-corrected chi connectivity index (χ2v) is 6.02. The summed E-state index contributed by atoms with van der Waals surface area (Å²) in [5.41, 5.74) is -0.889. The van der Waals surface area contributed by atoms with Crippen molar-refractivity contribution >= 4 is 28.9 Å². The van der Waals surface area contributed by atoms with Crippen LogP contribution in [0.1, 0.15) is 25.9 Å². The summed E-state index contributed by atoms with van der Waals surface area (Å²) in [4.78, 5) is 27.9. The first-order chi connectivity index (χ1) is 11.2. The van der Waals surface area contributed by atoms with E-state index in [9.17, 15) is 22.8 Å². The van der Waals surface area contributed by atoms with Crippen LogP contribution < -0.4 is 5.32 Å². The van der Waals surface area contributed by atoms with Gasteiger partial charge in [0.05, 0.1) is 22.0 Å². The third-order valence-electron chi connectivity index (χ3n) is 2.93. The standard InChI is InChI=1S/C15H13F3N2O3S/c1-8-13(24-9(2)19-8)14(22)23-7-12(21)20-11-6-4-3-5-10(11)15(16,17)18/h3-6H,7H2,1-2H3,(H,20,21). The lowest BCUT2D eigenvalue weighted by Gasteiger charge is -2.13. The van der Waals surface area contributed by atoms with Gasteiger partial charge in [-0.25, -0.2) is 9.78 Å². The number of anilines is 1. The Kier molecular flexibility index (Phi) is 5.23. The molecule has 0 aliphatic rings. The van der Waals surface area contributed by atoms with E-state index in [1.807, 2.05) is 0 Å². The molecule has 0 saturated heterocycles. The Hall–Kier alpha value is -2.42. The number of carbonyl (C=O) groups is 2. The molecule has 2 aromatic rings. The number of rotatable bonds is 4. The van der Waals surface area contributed by atoms with Gasteiger partial charge in [-0.15, -0.1) is 11.3 Å². The van der Waals surface area contributed by atoms with Gasteiger partial charge in [0.25, 0.3) is 5.91 Å². The molecule has 1 amide bonds. The predicted molar refractivity (Wildman–Crippen MR) is 81.9 cm³/mol. The van der Waals surface area contributed by atoms with Crippen molar-refractivity contribution in [3.8, 4) is 0 Å². The normalized spacial score (nSPS) is 11.2. The Morgan fingerprint density at radius 3 is 2.50 bits per heavy atom. The number of esters is 1. The van der Waals surface area contributed by atoms with Gasteiger partial charge in [0.2, 0.25) is 0 Å². The first kappa shape index (κ1) is 17.9. The van der Waals surface area contributed by atoms with E-state index in [1.54, 1.807) is 13.8 Å². The van der Waals surface area contributed by atoms with Crippen molar-refractivity contribution in [1.82, 2.24) is 4.98 Å². The number of thiazole rings is 1. The van der Waals surface area contributed by atoms with E-state index in [0.717, 1.165) is 23.5 Å². The van der Waals surface area contributed by atoms with Gasteiger partial charge in [0.1, 0.15) is 4.88 Å². The van der Waals surface area contributed by atoms with Gasteiger partial charge in [-0.1, -0.05) is 12.1 Å². The number of halogens is 3. The minimum atomic E-state index is -4.60. The molecule has 5 nitrogen and oxygen atoms in total. The Morgan fingerprint density at radius 2 is 1.92 bits per heavy atom. The molecule has 128 valence electrons. The lowest BCUT2D eigenvalue weighted by Crippen LogP contribution is -2.22. The average Bonchev–Trinajstić information content (AvgIpc) is 2.83. The van der Waals surface area contributed by atoms with E-state index in [2.05, 4.69) is 10.3 Å². The topological polar surface area (TPSA) is 68.3 Å². The molecule has 0 aliphatic carbocycles. The van der Waals surface area contributed by atoms with E-state index in [4.69, 9.17) is 4.74 Å². The number of ether oxygens (including phenoxy) is 1. The van der Waals surface area contributed by atoms with Crippen molar-refractivity contribution in [2.24, 2.45) is 0 Å². The van der Waals surface area contributed by atoms with Crippen LogP contribution in [0.4, 0.5) is 18.9 Å². The van der Waals surface area contributed by atoms with Gasteiger partial charge in [-0.05, 0) is 26.0 Å². The molecule has 0 fully saturated rings. The maximum atomic E-state index is 12.8. The number of carbonyl (C=O) groups excluding carboxylic acids is 2. The number of para-hydroxylation sites is 1. The first-order valence-corrected chi connectivity index (χ1v) is 7.57. The molecule has 0 unspecified atom stereocenters. The summed E-state index contributed by atoms with van der Waals surface area (Å²) in [7, 11) is 0. The Morgan fingerprint density at radius 1 is 1.25 bits per heavy atom. The largest absolute Gasteiger partial charge is 0.451 e. The number of hydrogen-bond donors (Lipinski definition) is 1. The zero-order valence-electron chi connectivity index (χ0n) is 12.7. The van der Waals surface area contributed by atoms with Gasteiger partial charge < -0.3 is 10.1 Å². The summed E-state index contributed by atoms with van der Waals surface area (Å²) in [5.74, 6) is -1.60. The number of amides is 1. The summed E-state index contributed by atoms with van der Waals surface area (Å²) >= 11 is 1.12. The van der Waals surface area contributed by atoms with E-state index < -0.39 is 35.9 Å². The fourth-order valence-corrected chi connectivity index (χ4v) is 2.76. The molecule has 9 heteroatoms. The number of benzene rings is 1. The first-order valence-electron chi connectivity index (χ1n) is 6.75. The van der Waals surface area contributed by atoms with Crippen molar-refractivity contribution < 1.29 is 27.5 Å². The monoisotopic (exact) mass is 358 g/mol. The third-order valence-corrected chi connectivity index (χ3v) is 3.98. The SMILES string of the molecule is Cc1nc(C)c(C(=O)OCC(=O)Nc2ccccc2C(F)(F)F)s1. The van der Waals surface area contributed by atoms with E-state index in [-0.39, 0.29) is 4.88 Å². The third kappa shape index (κ3) is 4.31. The van der Waals surface area contributed by atoms with Crippen LogP contribution >= 0.6 is 11.3 Å². The molecule has 1 aromatic carbocycles. The number of hydrogen-bond acceptors (Lipinski definition) is 5. The van der Waals surface area contributed by atoms with Crippen LogP contribution in [0.5, 0.6) is 0 Å². The lowest BCUT2D eigenvalue weighted by molar-refractivity contribution is -0.137. The molecule has 0 radical (unpaired) electrons. The van der Waals surface area contributed by atoms with Gasteiger partial charge in [-0.3, -0.25) is 4.79 Å². The van der Waals surface area contributed by atoms with E-state index in [1.165, 1.54) is 12.1 Å². The highest BCUT2D eigenvalue weighted by Crippen LogP contribution is 2.34. The Labute approximate surface area is 139 Å². The fraction of sp³-hybridized carbons (Fsp3) is 0.267.